The number of hydrogen-bond donors (Lipinski definition) is 1. The van der Waals surface area contributed by atoms with Gasteiger partial charge in [0.05, 0.1) is 16.6 Å². The topological polar surface area (TPSA) is 63.0 Å². The normalized spacial score (nSPS) is 11.3. The number of rotatable bonds is 0. The fourth-order valence-electron chi connectivity index (χ4n) is 1.68. The maximum atomic E-state index is 11.5. The lowest BCUT2D eigenvalue weighted by Crippen LogP contribution is -2.07. The Labute approximate surface area is 84.4 Å². The van der Waals surface area contributed by atoms with Gasteiger partial charge in [-0.3, -0.25) is 4.79 Å². The second-order valence-electron chi connectivity index (χ2n) is 3.42. The van der Waals surface area contributed by atoms with Crippen molar-refractivity contribution in [3.63, 3.8) is 0 Å². The molecule has 0 unspecified atom stereocenters. The van der Waals surface area contributed by atoms with Crippen molar-refractivity contribution in [1.29, 1.82) is 0 Å². The van der Waals surface area contributed by atoms with Crippen LogP contribution in [0.3, 0.4) is 0 Å². The summed E-state index contributed by atoms with van der Waals surface area (Å²) in [6.45, 7) is 1.90. The van der Waals surface area contributed by atoms with Crippen LogP contribution in [-0.2, 0) is 0 Å². The largest absolute Gasteiger partial charge is 0.328 e. The fourth-order valence-corrected chi connectivity index (χ4v) is 1.68. The first-order valence-electron chi connectivity index (χ1n) is 4.58. The van der Waals surface area contributed by atoms with E-state index < -0.39 is 0 Å². The van der Waals surface area contributed by atoms with Crippen LogP contribution in [-0.4, -0.2) is 19.6 Å². The van der Waals surface area contributed by atoms with Crippen molar-refractivity contribution in [2.45, 2.75) is 6.92 Å². The van der Waals surface area contributed by atoms with E-state index in [0.717, 1.165) is 16.9 Å². The third-order valence-corrected chi connectivity index (χ3v) is 2.34. The number of nitrogens with zero attached hydrogens (tertiary/aromatic N) is 3. The molecule has 0 aliphatic carbocycles. The summed E-state index contributed by atoms with van der Waals surface area (Å²) in [5.74, 6) is 0. The van der Waals surface area contributed by atoms with Crippen molar-refractivity contribution in [3.8, 4) is 0 Å². The summed E-state index contributed by atoms with van der Waals surface area (Å²) < 4.78 is 1.68. The molecule has 0 aliphatic rings. The molecular formula is C10H8N4O. The Morgan fingerprint density at radius 3 is 3.20 bits per heavy atom. The van der Waals surface area contributed by atoms with Gasteiger partial charge in [-0.05, 0) is 13.0 Å². The molecule has 5 heteroatoms. The summed E-state index contributed by atoms with van der Waals surface area (Å²) in [5, 5.41) is 4.83. The lowest BCUT2D eigenvalue weighted by atomic mass is 10.3. The van der Waals surface area contributed by atoms with Crippen molar-refractivity contribution in [3.05, 3.63) is 40.6 Å². The van der Waals surface area contributed by atoms with Crippen LogP contribution >= 0.6 is 0 Å². The Hall–Kier alpha value is -2.17. The molecule has 15 heavy (non-hydrogen) atoms. The average molecular weight is 200 g/mol. The van der Waals surface area contributed by atoms with Gasteiger partial charge in [-0.2, -0.15) is 5.10 Å². The molecule has 0 atom stereocenters. The third-order valence-electron chi connectivity index (χ3n) is 2.34. The second-order valence-corrected chi connectivity index (χ2v) is 3.42. The van der Waals surface area contributed by atoms with Gasteiger partial charge in [0.2, 0.25) is 0 Å². The lowest BCUT2D eigenvalue weighted by molar-refractivity contribution is 0.953. The van der Waals surface area contributed by atoms with E-state index in [-0.39, 0.29) is 5.56 Å². The van der Waals surface area contributed by atoms with E-state index in [1.807, 2.05) is 19.1 Å². The van der Waals surface area contributed by atoms with E-state index in [4.69, 9.17) is 0 Å². The molecule has 0 saturated carbocycles. The van der Waals surface area contributed by atoms with Crippen LogP contribution in [0.2, 0.25) is 0 Å². The molecule has 0 saturated heterocycles. The molecule has 1 N–H and O–H groups in total. The Morgan fingerprint density at radius 1 is 1.47 bits per heavy atom. The Morgan fingerprint density at radius 2 is 2.33 bits per heavy atom. The number of H-pyrrole nitrogens is 1. The molecular weight excluding hydrogens is 192 g/mol. The molecule has 0 spiro atoms. The van der Waals surface area contributed by atoms with Crippen molar-refractivity contribution in [2.24, 2.45) is 0 Å². The first-order chi connectivity index (χ1) is 7.25. The van der Waals surface area contributed by atoms with Gasteiger partial charge in [-0.15, -0.1) is 0 Å². The molecule has 3 rings (SSSR count). The zero-order valence-electron chi connectivity index (χ0n) is 8.06. The van der Waals surface area contributed by atoms with Crippen LogP contribution in [0.4, 0.5) is 0 Å². The van der Waals surface area contributed by atoms with E-state index in [1.54, 1.807) is 16.9 Å². The first kappa shape index (κ1) is 8.16. The molecule has 0 fully saturated rings. The van der Waals surface area contributed by atoms with Crippen LogP contribution in [0.1, 0.15) is 5.69 Å². The number of aromatic nitrogens is 4. The highest BCUT2D eigenvalue weighted by Gasteiger charge is 2.05. The molecule has 0 radical (unpaired) electrons. The van der Waals surface area contributed by atoms with Crippen molar-refractivity contribution >= 4 is 16.6 Å². The van der Waals surface area contributed by atoms with Gasteiger partial charge >= 0.3 is 0 Å². The van der Waals surface area contributed by atoms with E-state index >= 15 is 0 Å². The zero-order valence-corrected chi connectivity index (χ0v) is 8.06. The maximum Gasteiger partial charge on any atom is 0.258 e. The number of aromatic amines is 1. The minimum absolute atomic E-state index is 0.143. The minimum Gasteiger partial charge on any atom is -0.328 e. The van der Waals surface area contributed by atoms with E-state index in [2.05, 4.69) is 15.1 Å². The molecule has 0 bridgehead atoms. The Balaban J connectivity index is 2.65. The van der Waals surface area contributed by atoms with Crippen LogP contribution < -0.4 is 5.56 Å². The Bertz CT molecular complexity index is 710. The predicted octanol–water partition coefficient (Wildman–Crippen LogP) is 0.879. The number of fused-ring (bicyclic) bond motifs is 3. The molecule has 5 nitrogen and oxygen atoms in total. The summed E-state index contributed by atoms with van der Waals surface area (Å²) in [6, 6.07) is 3.69. The number of nitrogens with one attached hydrogen (secondary N) is 1. The van der Waals surface area contributed by atoms with Gasteiger partial charge in [0.15, 0.2) is 5.65 Å². The van der Waals surface area contributed by atoms with E-state index in [9.17, 15) is 4.79 Å². The summed E-state index contributed by atoms with van der Waals surface area (Å²) in [6.07, 6.45) is 3.19. The summed E-state index contributed by atoms with van der Waals surface area (Å²) >= 11 is 0. The van der Waals surface area contributed by atoms with Crippen molar-refractivity contribution < 1.29 is 0 Å². The number of hydrogen-bond acceptors (Lipinski definition) is 3. The van der Waals surface area contributed by atoms with E-state index in [0.29, 0.717) is 5.39 Å². The van der Waals surface area contributed by atoms with Crippen molar-refractivity contribution in [2.75, 3.05) is 0 Å². The standard InChI is InChI=1S/C10H8N4O/c1-6-4-9-12-5-7-8(14(9)13-6)2-3-11-10(7)15/h2-5H,1H3,(H,11,15). The molecule has 3 heterocycles. The highest BCUT2D eigenvalue weighted by atomic mass is 16.1. The van der Waals surface area contributed by atoms with Gasteiger partial charge in [-0.1, -0.05) is 0 Å². The number of aryl methyl sites for hydroxylation is 1. The monoisotopic (exact) mass is 200 g/mol. The van der Waals surface area contributed by atoms with Crippen LogP contribution in [0.15, 0.2) is 29.3 Å². The molecule has 0 aromatic carbocycles. The number of pyridine rings is 1. The summed E-state index contributed by atoms with van der Waals surface area (Å²) in [4.78, 5) is 18.3. The van der Waals surface area contributed by atoms with E-state index in [1.165, 1.54) is 0 Å². The van der Waals surface area contributed by atoms with Gasteiger partial charge in [0.25, 0.3) is 5.56 Å². The summed E-state index contributed by atoms with van der Waals surface area (Å²) in [5.41, 5.74) is 2.27. The molecule has 3 aromatic heterocycles. The SMILES string of the molecule is Cc1cc2ncc3c(=O)[nH]ccc3n2n1. The first-order valence-corrected chi connectivity index (χ1v) is 4.58. The Kier molecular flexibility index (Phi) is 1.45. The van der Waals surface area contributed by atoms with Gasteiger partial charge in [0.1, 0.15) is 0 Å². The van der Waals surface area contributed by atoms with Crippen LogP contribution in [0.5, 0.6) is 0 Å². The van der Waals surface area contributed by atoms with Crippen molar-refractivity contribution in [1.82, 2.24) is 19.6 Å². The molecule has 74 valence electrons. The zero-order chi connectivity index (χ0) is 10.4. The van der Waals surface area contributed by atoms with Gasteiger partial charge in [0, 0.05) is 18.5 Å². The molecule has 0 aliphatic heterocycles. The van der Waals surface area contributed by atoms with Crippen LogP contribution in [0, 0.1) is 6.92 Å². The van der Waals surface area contributed by atoms with Crippen LogP contribution in [0.25, 0.3) is 16.6 Å². The smallest absolute Gasteiger partial charge is 0.258 e. The fraction of sp³-hybridized carbons (Fsp3) is 0.100. The summed E-state index contributed by atoms with van der Waals surface area (Å²) in [7, 11) is 0. The highest BCUT2D eigenvalue weighted by molar-refractivity contribution is 5.78. The second kappa shape index (κ2) is 2.66. The minimum atomic E-state index is -0.143. The van der Waals surface area contributed by atoms with Gasteiger partial charge in [-0.25, -0.2) is 9.50 Å². The maximum absolute atomic E-state index is 11.5. The lowest BCUT2D eigenvalue weighted by Gasteiger charge is -1.98. The third kappa shape index (κ3) is 1.06. The average Bonchev–Trinajstić information content (AvgIpc) is 2.59. The highest BCUT2D eigenvalue weighted by Crippen LogP contribution is 2.10. The predicted molar refractivity (Wildman–Crippen MR) is 55.9 cm³/mol. The quantitative estimate of drug-likeness (QED) is 0.586. The molecule has 3 aromatic rings. The molecule has 0 amide bonds. The van der Waals surface area contributed by atoms with Gasteiger partial charge < -0.3 is 4.98 Å².